The molecule has 1 aliphatic carbocycles. The summed E-state index contributed by atoms with van der Waals surface area (Å²) < 4.78 is 0. The number of hydrogen-bond donors (Lipinski definition) is 1. The van der Waals surface area contributed by atoms with Crippen LogP contribution in [0.25, 0.3) is 0 Å². The van der Waals surface area contributed by atoms with Crippen molar-refractivity contribution in [1.29, 1.82) is 0 Å². The Kier molecular flexibility index (Phi) is 3.16. The number of rotatable bonds is 1. The maximum Gasteiger partial charge on any atom is 0.0679 e. The molecule has 1 aliphatic rings. The van der Waals surface area contributed by atoms with E-state index < -0.39 is 0 Å². The fourth-order valence-corrected chi connectivity index (χ4v) is 3.67. The van der Waals surface area contributed by atoms with Crippen LogP contribution in [0.15, 0.2) is 24.3 Å². The molecule has 0 bridgehead atoms. The lowest BCUT2D eigenvalue weighted by atomic mass is 9.65. The van der Waals surface area contributed by atoms with Crippen LogP contribution >= 0.6 is 15.9 Å². The van der Waals surface area contributed by atoms with Crippen LogP contribution in [-0.2, 0) is 5.41 Å². The molecule has 1 saturated carbocycles. The third-order valence-corrected chi connectivity index (χ3v) is 6.51. The molecule has 0 saturated heterocycles. The predicted octanol–water partition coefficient (Wildman–Crippen LogP) is 3.81. The van der Waals surface area contributed by atoms with Gasteiger partial charge in [0.1, 0.15) is 0 Å². The summed E-state index contributed by atoms with van der Waals surface area (Å²) in [5.41, 5.74) is 2.67. The molecule has 2 heteroatoms. The van der Waals surface area contributed by atoms with E-state index in [-0.39, 0.29) is 21.8 Å². The summed E-state index contributed by atoms with van der Waals surface area (Å²) in [4.78, 5) is 0.154. The maximum atomic E-state index is 10.1. The molecule has 0 heterocycles. The largest absolute Gasteiger partial charge is 0.392 e. The second-order valence-corrected chi connectivity index (χ2v) is 7.08. The van der Waals surface area contributed by atoms with E-state index in [1.807, 2.05) is 0 Å². The summed E-state index contributed by atoms with van der Waals surface area (Å²) in [6.07, 6.45) is 0.551. The Morgan fingerprint density at radius 1 is 1.18 bits per heavy atom. The zero-order chi connectivity index (χ0) is 12.8. The molecule has 0 spiro atoms. The number of aryl methyl sites for hydroxylation is 1. The van der Waals surface area contributed by atoms with Crippen molar-refractivity contribution in [2.75, 3.05) is 0 Å². The summed E-state index contributed by atoms with van der Waals surface area (Å²) in [6.45, 7) is 8.85. The molecule has 3 atom stereocenters. The lowest BCUT2D eigenvalue weighted by molar-refractivity contribution is 0.177. The topological polar surface area (TPSA) is 20.2 Å². The highest BCUT2D eigenvalue weighted by Crippen LogP contribution is 2.56. The third kappa shape index (κ3) is 1.86. The lowest BCUT2D eigenvalue weighted by Gasteiger charge is -2.40. The van der Waals surface area contributed by atoms with Gasteiger partial charge in [0.05, 0.1) is 6.10 Å². The van der Waals surface area contributed by atoms with Crippen LogP contribution in [0.2, 0.25) is 0 Å². The van der Waals surface area contributed by atoms with Gasteiger partial charge in [0.15, 0.2) is 0 Å². The Balaban J connectivity index is 2.46. The monoisotopic (exact) mass is 296 g/mol. The Morgan fingerprint density at radius 3 is 2.12 bits per heavy atom. The smallest absolute Gasteiger partial charge is 0.0679 e. The molecular formula is C15H21BrO. The van der Waals surface area contributed by atoms with Gasteiger partial charge in [-0.2, -0.15) is 0 Å². The van der Waals surface area contributed by atoms with E-state index in [1.165, 1.54) is 11.1 Å². The van der Waals surface area contributed by atoms with E-state index in [1.54, 1.807) is 0 Å². The Labute approximate surface area is 112 Å². The fraction of sp³-hybridized carbons (Fsp3) is 0.600. The quantitative estimate of drug-likeness (QED) is 0.782. The molecular weight excluding hydrogens is 276 g/mol. The molecule has 1 fully saturated rings. The van der Waals surface area contributed by atoms with Gasteiger partial charge in [-0.3, -0.25) is 0 Å². The normalized spacial score (nSPS) is 36.1. The highest BCUT2D eigenvalue weighted by molar-refractivity contribution is 9.09. The number of hydrogen-bond acceptors (Lipinski definition) is 1. The lowest BCUT2D eigenvalue weighted by Crippen LogP contribution is -2.38. The van der Waals surface area contributed by atoms with E-state index in [9.17, 15) is 5.11 Å². The minimum atomic E-state index is -0.267. The molecule has 1 aromatic carbocycles. The Bertz CT molecular complexity index is 409. The number of aliphatic hydroxyl groups excluding tert-OH is 1. The Morgan fingerprint density at radius 2 is 1.71 bits per heavy atom. The van der Waals surface area contributed by atoms with Gasteiger partial charge >= 0.3 is 0 Å². The van der Waals surface area contributed by atoms with Crippen LogP contribution in [0, 0.1) is 12.3 Å². The molecule has 17 heavy (non-hydrogen) atoms. The van der Waals surface area contributed by atoms with Crippen molar-refractivity contribution in [2.24, 2.45) is 5.41 Å². The van der Waals surface area contributed by atoms with Crippen LogP contribution in [0.1, 0.15) is 38.3 Å². The fourth-order valence-electron chi connectivity index (χ4n) is 2.98. The van der Waals surface area contributed by atoms with Crippen molar-refractivity contribution in [2.45, 2.75) is 50.5 Å². The number of halogens is 1. The van der Waals surface area contributed by atoms with Crippen molar-refractivity contribution in [1.82, 2.24) is 0 Å². The van der Waals surface area contributed by atoms with Gasteiger partial charge in [0.25, 0.3) is 0 Å². The van der Waals surface area contributed by atoms with Gasteiger partial charge in [-0.25, -0.2) is 0 Å². The maximum absolute atomic E-state index is 10.1. The second-order valence-electron chi connectivity index (χ2n) is 6.09. The van der Waals surface area contributed by atoms with Crippen LogP contribution in [0.3, 0.4) is 0 Å². The Hall–Kier alpha value is -0.340. The molecule has 94 valence electrons. The molecule has 0 aliphatic heterocycles. The van der Waals surface area contributed by atoms with Gasteiger partial charge in [-0.15, -0.1) is 0 Å². The van der Waals surface area contributed by atoms with E-state index in [2.05, 4.69) is 67.9 Å². The van der Waals surface area contributed by atoms with Gasteiger partial charge in [0, 0.05) is 10.2 Å². The second kappa shape index (κ2) is 4.10. The minimum Gasteiger partial charge on any atom is -0.392 e. The summed E-state index contributed by atoms with van der Waals surface area (Å²) >= 11 is 3.66. The predicted molar refractivity (Wildman–Crippen MR) is 75.7 cm³/mol. The SMILES string of the molecule is Cc1ccc([C@]2(C)C[C@H](O)[C@@H](Br)C2(C)C)cc1. The molecule has 0 aromatic heterocycles. The van der Waals surface area contributed by atoms with E-state index in [0.717, 1.165) is 6.42 Å². The molecule has 2 rings (SSSR count). The van der Waals surface area contributed by atoms with E-state index >= 15 is 0 Å². The van der Waals surface area contributed by atoms with Gasteiger partial charge in [-0.1, -0.05) is 66.5 Å². The first-order valence-electron chi connectivity index (χ1n) is 6.18. The number of aliphatic hydroxyl groups is 1. The van der Waals surface area contributed by atoms with Gasteiger partial charge in [0.2, 0.25) is 0 Å². The molecule has 1 aromatic rings. The first-order valence-corrected chi connectivity index (χ1v) is 7.10. The zero-order valence-electron chi connectivity index (χ0n) is 11.0. The highest BCUT2D eigenvalue weighted by atomic mass is 79.9. The zero-order valence-corrected chi connectivity index (χ0v) is 12.6. The third-order valence-electron chi connectivity index (χ3n) is 4.76. The molecule has 1 nitrogen and oxygen atoms in total. The highest BCUT2D eigenvalue weighted by Gasteiger charge is 2.55. The summed E-state index contributed by atoms with van der Waals surface area (Å²) in [7, 11) is 0. The standard InChI is InChI=1S/C15H21BrO/c1-10-5-7-11(8-6-10)15(4)9-12(17)13(16)14(15,2)3/h5-8,12-13,17H,9H2,1-4H3/t12-,13+,15-/m0/s1. The average molecular weight is 297 g/mol. The van der Waals surface area contributed by atoms with Crippen molar-refractivity contribution < 1.29 is 5.11 Å². The van der Waals surface area contributed by atoms with E-state index in [0.29, 0.717) is 0 Å². The molecule has 0 unspecified atom stereocenters. The minimum absolute atomic E-state index is 0.0221. The summed E-state index contributed by atoms with van der Waals surface area (Å²) in [5.74, 6) is 0. The van der Waals surface area contributed by atoms with Crippen LogP contribution < -0.4 is 0 Å². The number of alkyl halides is 1. The average Bonchev–Trinajstić information content (AvgIpc) is 2.42. The first kappa shape index (κ1) is 13.1. The van der Waals surface area contributed by atoms with Crippen molar-refractivity contribution in [3.63, 3.8) is 0 Å². The van der Waals surface area contributed by atoms with Crippen LogP contribution in [0.5, 0.6) is 0 Å². The number of benzene rings is 1. The van der Waals surface area contributed by atoms with Crippen LogP contribution in [0.4, 0.5) is 0 Å². The van der Waals surface area contributed by atoms with Gasteiger partial charge < -0.3 is 5.11 Å². The van der Waals surface area contributed by atoms with Crippen LogP contribution in [-0.4, -0.2) is 16.0 Å². The van der Waals surface area contributed by atoms with Gasteiger partial charge in [-0.05, 0) is 24.3 Å². The first-order chi connectivity index (χ1) is 7.79. The van der Waals surface area contributed by atoms with E-state index in [4.69, 9.17) is 0 Å². The van der Waals surface area contributed by atoms with Crippen molar-refractivity contribution >= 4 is 15.9 Å². The molecule has 0 radical (unpaired) electrons. The van der Waals surface area contributed by atoms with Crippen molar-refractivity contribution in [3.8, 4) is 0 Å². The molecule has 0 amide bonds. The molecule has 1 N–H and O–H groups in total. The summed E-state index contributed by atoms with van der Waals surface area (Å²) in [5, 5.41) is 10.1. The summed E-state index contributed by atoms with van der Waals surface area (Å²) in [6, 6.07) is 8.72. The van der Waals surface area contributed by atoms with Crippen molar-refractivity contribution in [3.05, 3.63) is 35.4 Å².